The second-order valence-corrected chi connectivity index (χ2v) is 5.63. The molecule has 0 spiro atoms. The molecule has 0 unspecified atom stereocenters. The molecule has 0 heterocycles. The second-order valence-electron chi connectivity index (χ2n) is 5.63. The van der Waals surface area contributed by atoms with E-state index in [1.807, 2.05) is 13.8 Å². The molecular weight excluding hydrogens is 280 g/mol. The van der Waals surface area contributed by atoms with E-state index in [9.17, 15) is 13.6 Å². The van der Waals surface area contributed by atoms with Crippen LogP contribution in [-0.2, 0) is 4.79 Å². The van der Waals surface area contributed by atoms with E-state index in [0.717, 1.165) is 18.6 Å². The molecule has 0 aliphatic rings. The molecule has 0 saturated heterocycles. The highest BCUT2D eigenvalue weighted by Crippen LogP contribution is 2.21. The topological polar surface area (TPSA) is 58.6 Å². The van der Waals surface area contributed by atoms with E-state index in [4.69, 9.17) is 9.84 Å². The summed E-state index contributed by atoms with van der Waals surface area (Å²) in [5.41, 5.74) is -0.139. The normalized spacial score (nSPS) is 11.3. The van der Waals surface area contributed by atoms with E-state index < -0.39 is 11.6 Å². The first-order valence-electron chi connectivity index (χ1n) is 6.79. The van der Waals surface area contributed by atoms with E-state index in [1.165, 1.54) is 0 Å². The summed E-state index contributed by atoms with van der Waals surface area (Å²) in [4.78, 5) is 11.6. The minimum absolute atomic E-state index is 0.115. The Kier molecular flexibility index (Phi) is 6.55. The lowest BCUT2D eigenvalue weighted by molar-refractivity contribution is -0.123. The van der Waals surface area contributed by atoms with Gasteiger partial charge in [-0.25, -0.2) is 8.78 Å². The maximum absolute atomic E-state index is 13.3. The van der Waals surface area contributed by atoms with Crippen LogP contribution in [0.15, 0.2) is 18.2 Å². The van der Waals surface area contributed by atoms with Crippen molar-refractivity contribution in [1.29, 1.82) is 0 Å². The molecule has 0 saturated carbocycles. The van der Waals surface area contributed by atoms with E-state index in [0.29, 0.717) is 19.0 Å². The number of hydrogen-bond acceptors (Lipinski definition) is 3. The fourth-order valence-corrected chi connectivity index (χ4v) is 1.77. The largest absolute Gasteiger partial charge is 0.481 e. The van der Waals surface area contributed by atoms with E-state index in [-0.39, 0.29) is 30.3 Å². The van der Waals surface area contributed by atoms with Gasteiger partial charge in [0.2, 0.25) is 0 Å². The number of carbonyl (C=O) groups excluding carboxylic acids is 1. The Morgan fingerprint density at radius 1 is 1.38 bits per heavy atom. The third-order valence-electron chi connectivity index (χ3n) is 3.03. The maximum atomic E-state index is 13.3. The summed E-state index contributed by atoms with van der Waals surface area (Å²) >= 11 is 0. The average molecular weight is 301 g/mol. The summed E-state index contributed by atoms with van der Waals surface area (Å²) in [6.45, 7) is 4.16. The zero-order valence-electron chi connectivity index (χ0n) is 12.3. The van der Waals surface area contributed by atoms with Crippen molar-refractivity contribution in [3.8, 4) is 5.75 Å². The van der Waals surface area contributed by atoms with E-state index in [2.05, 4.69) is 5.32 Å². The highest BCUT2D eigenvalue weighted by Gasteiger charge is 2.18. The van der Waals surface area contributed by atoms with Gasteiger partial charge in [-0.1, -0.05) is 13.8 Å². The number of nitrogens with one attached hydrogen (secondary N) is 1. The molecule has 0 aliphatic heterocycles. The second kappa shape index (κ2) is 7.93. The monoisotopic (exact) mass is 301 g/mol. The number of halogens is 2. The number of hydrogen-bond donors (Lipinski definition) is 2. The molecule has 1 amide bonds. The molecule has 0 radical (unpaired) electrons. The minimum Gasteiger partial charge on any atom is -0.481 e. The first kappa shape index (κ1) is 17.4. The number of amides is 1. The number of aliphatic hydroxyl groups excluding tert-OH is 1. The molecule has 0 fully saturated rings. The Morgan fingerprint density at radius 3 is 2.71 bits per heavy atom. The first-order chi connectivity index (χ1) is 9.84. The molecule has 0 aromatic heterocycles. The number of carbonyl (C=O) groups is 1. The van der Waals surface area contributed by atoms with Gasteiger partial charge in [-0.05, 0) is 30.4 Å². The summed E-state index contributed by atoms with van der Waals surface area (Å²) < 4.78 is 31.0. The fourth-order valence-electron chi connectivity index (χ4n) is 1.77. The quantitative estimate of drug-likeness (QED) is 0.774. The molecule has 2 N–H and O–H groups in total. The summed E-state index contributed by atoms with van der Waals surface area (Å²) in [6, 6.07) is 2.91. The molecule has 0 atom stereocenters. The number of benzene rings is 1. The molecule has 0 bridgehead atoms. The van der Waals surface area contributed by atoms with Gasteiger partial charge in [0.15, 0.2) is 18.2 Å². The molecule has 1 rings (SSSR count). The summed E-state index contributed by atoms with van der Waals surface area (Å²) in [5.74, 6) is -2.08. The van der Waals surface area contributed by atoms with Gasteiger partial charge in [0.05, 0.1) is 0 Å². The molecule has 1 aromatic rings. The lowest BCUT2D eigenvalue weighted by Gasteiger charge is -2.24. The van der Waals surface area contributed by atoms with Crippen LogP contribution in [0.1, 0.15) is 26.7 Å². The molecular formula is C15H21F2NO3. The third kappa shape index (κ3) is 6.53. The predicted octanol–water partition coefficient (Wildman–Crippen LogP) is 2.26. The van der Waals surface area contributed by atoms with Crippen LogP contribution in [0.4, 0.5) is 8.78 Å². The Hall–Kier alpha value is -1.69. The zero-order valence-corrected chi connectivity index (χ0v) is 12.3. The average Bonchev–Trinajstić information content (AvgIpc) is 2.42. The van der Waals surface area contributed by atoms with Crippen LogP contribution in [0, 0.1) is 17.0 Å². The predicted molar refractivity (Wildman–Crippen MR) is 75.0 cm³/mol. The van der Waals surface area contributed by atoms with Crippen molar-refractivity contribution in [1.82, 2.24) is 5.32 Å². The van der Waals surface area contributed by atoms with E-state index in [1.54, 1.807) is 0 Å². The molecule has 1 aromatic carbocycles. The van der Waals surface area contributed by atoms with Crippen LogP contribution in [0.2, 0.25) is 0 Å². The Labute approximate surface area is 123 Å². The van der Waals surface area contributed by atoms with Gasteiger partial charge in [0, 0.05) is 19.2 Å². The Bertz CT molecular complexity index is 478. The SMILES string of the molecule is CC(C)(CCCO)CNC(=O)COc1ccc(F)cc1F. The number of rotatable bonds is 8. The molecule has 0 aliphatic carbocycles. The van der Waals surface area contributed by atoms with Gasteiger partial charge in [-0.2, -0.15) is 0 Å². The standard InChI is InChI=1S/C15H21F2NO3/c1-15(2,6-3-7-19)10-18-14(20)9-21-13-5-4-11(16)8-12(13)17/h4-5,8,19H,3,6-7,9-10H2,1-2H3,(H,18,20). The Morgan fingerprint density at radius 2 is 2.10 bits per heavy atom. The Balaban J connectivity index is 2.37. The summed E-state index contributed by atoms with van der Waals surface area (Å²) in [5, 5.41) is 11.5. The third-order valence-corrected chi connectivity index (χ3v) is 3.03. The van der Waals surface area contributed by atoms with Crippen molar-refractivity contribution < 1.29 is 23.4 Å². The van der Waals surface area contributed by atoms with Crippen LogP contribution in [0.25, 0.3) is 0 Å². The number of aliphatic hydroxyl groups is 1. The summed E-state index contributed by atoms with van der Waals surface area (Å²) in [6.07, 6.45) is 1.44. The highest BCUT2D eigenvalue weighted by molar-refractivity contribution is 5.77. The van der Waals surface area contributed by atoms with Crippen molar-refractivity contribution in [2.24, 2.45) is 5.41 Å². The van der Waals surface area contributed by atoms with Gasteiger partial charge in [0.1, 0.15) is 5.82 Å². The van der Waals surface area contributed by atoms with Crippen LogP contribution in [0.3, 0.4) is 0 Å². The van der Waals surface area contributed by atoms with Crippen molar-refractivity contribution in [3.63, 3.8) is 0 Å². The van der Waals surface area contributed by atoms with E-state index >= 15 is 0 Å². The van der Waals surface area contributed by atoms with Crippen LogP contribution in [0.5, 0.6) is 5.75 Å². The van der Waals surface area contributed by atoms with Crippen molar-refractivity contribution in [2.75, 3.05) is 19.8 Å². The molecule has 21 heavy (non-hydrogen) atoms. The van der Waals surface area contributed by atoms with Crippen molar-refractivity contribution in [3.05, 3.63) is 29.8 Å². The maximum Gasteiger partial charge on any atom is 0.257 e. The molecule has 118 valence electrons. The number of ether oxygens (including phenoxy) is 1. The van der Waals surface area contributed by atoms with Gasteiger partial charge < -0.3 is 15.2 Å². The van der Waals surface area contributed by atoms with Crippen molar-refractivity contribution >= 4 is 5.91 Å². The van der Waals surface area contributed by atoms with Gasteiger partial charge in [-0.3, -0.25) is 4.79 Å². The van der Waals surface area contributed by atoms with Crippen LogP contribution in [-0.4, -0.2) is 30.8 Å². The zero-order chi connectivity index (χ0) is 15.9. The molecule has 6 heteroatoms. The lowest BCUT2D eigenvalue weighted by Crippen LogP contribution is -2.36. The van der Waals surface area contributed by atoms with Gasteiger partial charge in [0.25, 0.3) is 5.91 Å². The molecule has 4 nitrogen and oxygen atoms in total. The van der Waals surface area contributed by atoms with Crippen LogP contribution < -0.4 is 10.1 Å². The van der Waals surface area contributed by atoms with Crippen LogP contribution >= 0.6 is 0 Å². The fraction of sp³-hybridized carbons (Fsp3) is 0.533. The van der Waals surface area contributed by atoms with Gasteiger partial charge >= 0.3 is 0 Å². The lowest BCUT2D eigenvalue weighted by atomic mass is 9.88. The first-order valence-corrected chi connectivity index (χ1v) is 6.79. The van der Waals surface area contributed by atoms with Gasteiger partial charge in [-0.15, -0.1) is 0 Å². The summed E-state index contributed by atoms with van der Waals surface area (Å²) in [7, 11) is 0. The van der Waals surface area contributed by atoms with Crippen molar-refractivity contribution in [2.45, 2.75) is 26.7 Å². The minimum atomic E-state index is -0.842. The smallest absolute Gasteiger partial charge is 0.257 e. The highest BCUT2D eigenvalue weighted by atomic mass is 19.1.